The maximum absolute atomic E-state index is 12.3. The van der Waals surface area contributed by atoms with Gasteiger partial charge in [-0.2, -0.15) is 5.10 Å². The first-order chi connectivity index (χ1) is 12.8. The third kappa shape index (κ3) is 3.51. The van der Waals surface area contributed by atoms with Gasteiger partial charge >= 0.3 is 5.69 Å². The van der Waals surface area contributed by atoms with E-state index in [2.05, 4.69) is 15.5 Å². The van der Waals surface area contributed by atoms with Gasteiger partial charge in [-0.15, -0.1) is 0 Å². The zero-order chi connectivity index (χ0) is 19.7. The molecule has 0 aliphatic rings. The summed E-state index contributed by atoms with van der Waals surface area (Å²) in [6, 6.07) is 5.03. The van der Waals surface area contributed by atoms with Crippen molar-refractivity contribution >= 4 is 46.5 Å². The van der Waals surface area contributed by atoms with Crippen molar-refractivity contribution in [3.63, 3.8) is 0 Å². The molecular weight excluding hydrogens is 395 g/mol. The summed E-state index contributed by atoms with van der Waals surface area (Å²) in [5.41, 5.74) is 2.21. The first-order valence-corrected chi connectivity index (χ1v) is 8.43. The summed E-state index contributed by atoms with van der Waals surface area (Å²) in [6.45, 7) is -0.204. The van der Waals surface area contributed by atoms with Crippen molar-refractivity contribution < 1.29 is 4.79 Å². The fraction of sp³-hybridized carbons (Fsp3) is 0.188. The lowest BCUT2D eigenvalue weighted by atomic mass is 10.2. The van der Waals surface area contributed by atoms with Gasteiger partial charge in [0.25, 0.3) is 11.5 Å². The number of amides is 1. The Labute approximate surface area is 162 Å². The van der Waals surface area contributed by atoms with Crippen molar-refractivity contribution in [2.24, 2.45) is 19.2 Å². The second-order valence-electron chi connectivity index (χ2n) is 5.69. The normalized spacial score (nSPS) is 11.4. The molecule has 9 nitrogen and oxygen atoms in total. The van der Waals surface area contributed by atoms with Crippen LogP contribution in [0.1, 0.15) is 5.56 Å². The van der Waals surface area contributed by atoms with Gasteiger partial charge in [-0.05, 0) is 6.07 Å². The van der Waals surface area contributed by atoms with Crippen LogP contribution >= 0.6 is 23.2 Å². The molecule has 0 bridgehead atoms. The van der Waals surface area contributed by atoms with Crippen molar-refractivity contribution in [2.45, 2.75) is 6.54 Å². The van der Waals surface area contributed by atoms with Crippen molar-refractivity contribution in [1.82, 2.24) is 24.1 Å². The molecule has 11 heteroatoms. The molecule has 0 unspecified atom stereocenters. The van der Waals surface area contributed by atoms with E-state index in [1.807, 2.05) is 0 Å². The van der Waals surface area contributed by atoms with Gasteiger partial charge in [0.2, 0.25) is 0 Å². The Bertz CT molecular complexity index is 1190. The van der Waals surface area contributed by atoms with E-state index in [1.165, 1.54) is 35.8 Å². The second-order valence-corrected chi connectivity index (χ2v) is 6.47. The number of carbonyl (C=O) groups excluding carboxylic acids is 1. The largest absolute Gasteiger partial charge is 0.332 e. The first kappa shape index (κ1) is 18.9. The predicted octanol–water partition coefficient (Wildman–Crippen LogP) is 0.891. The van der Waals surface area contributed by atoms with E-state index in [9.17, 15) is 14.4 Å². The molecule has 0 spiro atoms. The molecule has 0 atom stereocenters. The number of nitrogens with zero attached hydrogens (tertiary/aromatic N) is 5. The molecule has 2 heterocycles. The zero-order valence-corrected chi connectivity index (χ0v) is 15.8. The lowest BCUT2D eigenvalue weighted by molar-refractivity contribution is -0.121. The first-order valence-electron chi connectivity index (χ1n) is 7.68. The van der Waals surface area contributed by atoms with E-state index in [1.54, 1.807) is 18.2 Å². The fourth-order valence-electron chi connectivity index (χ4n) is 2.50. The van der Waals surface area contributed by atoms with Crippen LogP contribution in [-0.4, -0.2) is 30.8 Å². The quantitative estimate of drug-likeness (QED) is 0.511. The smallest absolute Gasteiger partial charge is 0.315 e. The van der Waals surface area contributed by atoms with Gasteiger partial charge in [0, 0.05) is 19.7 Å². The molecule has 140 valence electrons. The van der Waals surface area contributed by atoms with E-state index in [0.717, 1.165) is 4.57 Å². The van der Waals surface area contributed by atoms with Crippen LogP contribution in [-0.2, 0) is 25.4 Å². The third-order valence-electron chi connectivity index (χ3n) is 3.91. The highest BCUT2D eigenvalue weighted by Crippen LogP contribution is 2.24. The predicted molar refractivity (Wildman–Crippen MR) is 102 cm³/mol. The maximum atomic E-state index is 12.3. The number of imidazole rings is 1. The molecule has 0 aliphatic carbocycles. The average molecular weight is 409 g/mol. The number of hydrogen-bond donors (Lipinski definition) is 1. The Morgan fingerprint density at radius 1 is 1.26 bits per heavy atom. The standard InChI is InChI=1S/C16H14Cl2N6O3/c1-22-14-13(15(26)23(2)16(22)27)24(8-19-14)7-11(25)21-20-6-9-4-3-5-10(17)12(9)18/h3-6,8H,7H2,1-2H3,(H,21,25). The molecule has 1 N–H and O–H groups in total. The van der Waals surface area contributed by atoms with E-state index >= 15 is 0 Å². The molecule has 3 rings (SSSR count). The Balaban J connectivity index is 1.81. The zero-order valence-electron chi connectivity index (χ0n) is 14.3. The van der Waals surface area contributed by atoms with Gasteiger partial charge in [-0.3, -0.25) is 18.7 Å². The topological polar surface area (TPSA) is 103 Å². The van der Waals surface area contributed by atoms with Crippen LogP contribution in [0.4, 0.5) is 0 Å². The Morgan fingerprint density at radius 3 is 2.74 bits per heavy atom. The van der Waals surface area contributed by atoms with Gasteiger partial charge in [-0.1, -0.05) is 35.3 Å². The van der Waals surface area contributed by atoms with Crippen LogP contribution in [0, 0.1) is 0 Å². The molecule has 27 heavy (non-hydrogen) atoms. The van der Waals surface area contributed by atoms with Crippen LogP contribution in [0.15, 0.2) is 39.2 Å². The molecule has 1 aromatic carbocycles. The number of benzene rings is 1. The molecule has 0 saturated heterocycles. The Hall–Kier alpha value is -2.91. The number of hydrazone groups is 1. The fourth-order valence-corrected chi connectivity index (χ4v) is 2.86. The molecule has 2 aromatic heterocycles. The van der Waals surface area contributed by atoms with Crippen molar-refractivity contribution in [3.8, 4) is 0 Å². The van der Waals surface area contributed by atoms with Gasteiger partial charge in [-0.25, -0.2) is 15.2 Å². The van der Waals surface area contributed by atoms with Crippen LogP contribution in [0.25, 0.3) is 11.2 Å². The minimum Gasteiger partial charge on any atom is -0.315 e. The highest BCUT2D eigenvalue weighted by Gasteiger charge is 2.15. The van der Waals surface area contributed by atoms with Crippen molar-refractivity contribution in [1.29, 1.82) is 0 Å². The van der Waals surface area contributed by atoms with E-state index in [4.69, 9.17) is 23.2 Å². The van der Waals surface area contributed by atoms with E-state index < -0.39 is 17.2 Å². The van der Waals surface area contributed by atoms with Crippen molar-refractivity contribution in [2.75, 3.05) is 0 Å². The van der Waals surface area contributed by atoms with Crippen LogP contribution < -0.4 is 16.7 Å². The SMILES string of the molecule is Cn1c(=O)c2c(ncn2CC(=O)NN=Cc2cccc(Cl)c2Cl)n(C)c1=O. The average Bonchev–Trinajstić information content (AvgIpc) is 3.05. The summed E-state index contributed by atoms with van der Waals surface area (Å²) in [6.07, 6.45) is 2.68. The van der Waals surface area contributed by atoms with E-state index in [0.29, 0.717) is 15.6 Å². The number of aryl methyl sites for hydroxylation is 1. The lowest BCUT2D eigenvalue weighted by Crippen LogP contribution is -2.38. The summed E-state index contributed by atoms with van der Waals surface area (Å²) in [5.74, 6) is -0.486. The molecule has 0 radical (unpaired) electrons. The summed E-state index contributed by atoms with van der Waals surface area (Å²) in [5, 5.41) is 4.53. The minimum atomic E-state index is -0.535. The van der Waals surface area contributed by atoms with Crippen LogP contribution in [0.5, 0.6) is 0 Å². The minimum absolute atomic E-state index is 0.150. The van der Waals surface area contributed by atoms with Crippen LogP contribution in [0.3, 0.4) is 0 Å². The molecule has 0 aliphatic heterocycles. The molecule has 0 saturated carbocycles. The number of carbonyl (C=O) groups is 1. The van der Waals surface area contributed by atoms with Gasteiger partial charge in [0.1, 0.15) is 6.54 Å². The number of nitrogens with one attached hydrogen (secondary N) is 1. The molecule has 3 aromatic rings. The summed E-state index contributed by atoms with van der Waals surface area (Å²) in [7, 11) is 2.86. The second kappa shape index (κ2) is 7.37. The third-order valence-corrected chi connectivity index (χ3v) is 4.74. The summed E-state index contributed by atoms with van der Waals surface area (Å²) in [4.78, 5) is 40.4. The molecule has 0 fully saturated rings. The number of hydrogen-bond acceptors (Lipinski definition) is 5. The number of halogens is 2. The monoisotopic (exact) mass is 408 g/mol. The number of fused-ring (bicyclic) bond motifs is 1. The van der Waals surface area contributed by atoms with Gasteiger partial charge in [0.15, 0.2) is 11.2 Å². The van der Waals surface area contributed by atoms with E-state index in [-0.39, 0.29) is 17.7 Å². The molecular formula is C16H14Cl2N6O3. The van der Waals surface area contributed by atoms with Crippen LogP contribution in [0.2, 0.25) is 10.0 Å². The highest BCUT2D eigenvalue weighted by atomic mass is 35.5. The number of aromatic nitrogens is 4. The maximum Gasteiger partial charge on any atom is 0.332 e. The highest BCUT2D eigenvalue weighted by molar-refractivity contribution is 6.43. The van der Waals surface area contributed by atoms with Gasteiger partial charge < -0.3 is 4.57 Å². The lowest BCUT2D eigenvalue weighted by Gasteiger charge is -2.06. The van der Waals surface area contributed by atoms with Crippen molar-refractivity contribution in [3.05, 3.63) is 61.0 Å². The van der Waals surface area contributed by atoms with Gasteiger partial charge in [0.05, 0.1) is 22.6 Å². The molecule has 1 amide bonds. The summed E-state index contributed by atoms with van der Waals surface area (Å²) < 4.78 is 3.55. The number of rotatable bonds is 4. The Morgan fingerprint density at radius 2 is 2.00 bits per heavy atom. The Kier molecular flexibility index (Phi) is 5.15. The summed E-state index contributed by atoms with van der Waals surface area (Å²) >= 11 is 11.9.